The van der Waals surface area contributed by atoms with Gasteiger partial charge in [-0.15, -0.1) is 0 Å². The second-order valence-corrected chi connectivity index (χ2v) is 5.86. The quantitative estimate of drug-likeness (QED) is 0.635. The number of nitrogen functional groups attached to an aromatic ring is 1. The summed E-state index contributed by atoms with van der Waals surface area (Å²) in [5, 5.41) is 2.68. The third kappa shape index (κ3) is 4.85. The minimum atomic E-state index is -0.560. The molecular formula is C14H19BrN2O3. The Balaban J connectivity index is 2.62. The van der Waals surface area contributed by atoms with Gasteiger partial charge in [0.05, 0.1) is 5.56 Å². The van der Waals surface area contributed by atoms with Crippen LogP contribution in [0, 0.1) is 12.8 Å². The molecule has 0 fully saturated rings. The summed E-state index contributed by atoms with van der Waals surface area (Å²) in [6, 6.07) is 3.33. The Morgan fingerprint density at radius 3 is 2.65 bits per heavy atom. The average molecular weight is 343 g/mol. The molecule has 0 bridgehead atoms. The van der Waals surface area contributed by atoms with Crippen LogP contribution in [0.2, 0.25) is 0 Å². The molecule has 1 aromatic rings. The van der Waals surface area contributed by atoms with Gasteiger partial charge in [-0.1, -0.05) is 29.8 Å². The topological polar surface area (TPSA) is 81.4 Å². The van der Waals surface area contributed by atoms with Gasteiger partial charge in [-0.2, -0.15) is 0 Å². The number of hydrogen-bond acceptors (Lipinski definition) is 4. The highest BCUT2D eigenvalue weighted by Crippen LogP contribution is 2.23. The maximum Gasteiger partial charge on any atom is 0.339 e. The second-order valence-electron chi connectivity index (χ2n) is 4.94. The normalized spacial score (nSPS) is 10.4. The van der Waals surface area contributed by atoms with Crippen molar-refractivity contribution in [3.8, 4) is 0 Å². The van der Waals surface area contributed by atoms with Crippen molar-refractivity contribution in [2.75, 3.05) is 18.9 Å². The molecule has 0 aromatic heterocycles. The van der Waals surface area contributed by atoms with Gasteiger partial charge in [0.15, 0.2) is 6.61 Å². The number of hydrogen-bond donors (Lipinski definition) is 2. The number of esters is 1. The van der Waals surface area contributed by atoms with Gasteiger partial charge in [0, 0.05) is 16.7 Å². The predicted molar refractivity (Wildman–Crippen MR) is 81.4 cm³/mol. The van der Waals surface area contributed by atoms with Crippen LogP contribution in [0.1, 0.15) is 29.8 Å². The lowest BCUT2D eigenvalue weighted by molar-refractivity contribution is -0.124. The van der Waals surface area contributed by atoms with E-state index in [9.17, 15) is 9.59 Å². The Morgan fingerprint density at radius 2 is 2.05 bits per heavy atom. The zero-order valence-corrected chi connectivity index (χ0v) is 13.4. The maximum absolute atomic E-state index is 11.9. The third-order valence-corrected chi connectivity index (χ3v) is 3.13. The van der Waals surface area contributed by atoms with Crippen molar-refractivity contribution in [1.29, 1.82) is 0 Å². The monoisotopic (exact) mass is 342 g/mol. The van der Waals surface area contributed by atoms with E-state index in [4.69, 9.17) is 10.5 Å². The van der Waals surface area contributed by atoms with E-state index < -0.39 is 5.97 Å². The first-order valence-electron chi connectivity index (χ1n) is 6.30. The van der Waals surface area contributed by atoms with Crippen LogP contribution >= 0.6 is 15.9 Å². The molecular weight excluding hydrogens is 324 g/mol. The SMILES string of the molecule is Cc1c(N)cc(Br)cc1C(=O)OCC(=O)NCC(C)C. The summed E-state index contributed by atoms with van der Waals surface area (Å²) in [6.07, 6.45) is 0. The molecule has 20 heavy (non-hydrogen) atoms. The molecule has 0 aliphatic carbocycles. The smallest absolute Gasteiger partial charge is 0.339 e. The van der Waals surface area contributed by atoms with Crippen molar-refractivity contribution in [1.82, 2.24) is 5.32 Å². The summed E-state index contributed by atoms with van der Waals surface area (Å²) in [5.74, 6) is -0.523. The van der Waals surface area contributed by atoms with E-state index >= 15 is 0 Å². The minimum Gasteiger partial charge on any atom is -0.452 e. The van der Waals surface area contributed by atoms with Gasteiger partial charge in [0.1, 0.15) is 0 Å². The number of halogens is 1. The average Bonchev–Trinajstić information content (AvgIpc) is 2.37. The van der Waals surface area contributed by atoms with Gasteiger partial charge in [-0.3, -0.25) is 4.79 Å². The van der Waals surface area contributed by atoms with Crippen LogP contribution in [0.3, 0.4) is 0 Å². The molecule has 3 N–H and O–H groups in total. The van der Waals surface area contributed by atoms with E-state index in [-0.39, 0.29) is 12.5 Å². The first-order chi connectivity index (χ1) is 9.31. The lowest BCUT2D eigenvalue weighted by atomic mass is 10.1. The van der Waals surface area contributed by atoms with Gasteiger partial charge in [-0.05, 0) is 30.5 Å². The van der Waals surface area contributed by atoms with Gasteiger partial charge in [0.25, 0.3) is 5.91 Å². The van der Waals surface area contributed by atoms with E-state index in [2.05, 4.69) is 21.2 Å². The largest absolute Gasteiger partial charge is 0.452 e. The number of carbonyl (C=O) groups is 2. The number of nitrogens with two attached hydrogens (primary N) is 1. The molecule has 5 nitrogen and oxygen atoms in total. The summed E-state index contributed by atoms with van der Waals surface area (Å²) < 4.78 is 5.68. The van der Waals surface area contributed by atoms with Gasteiger partial charge >= 0.3 is 5.97 Å². The van der Waals surface area contributed by atoms with Gasteiger partial charge < -0.3 is 15.8 Å². The van der Waals surface area contributed by atoms with Crippen molar-refractivity contribution >= 4 is 33.5 Å². The zero-order chi connectivity index (χ0) is 15.3. The van der Waals surface area contributed by atoms with E-state index in [1.54, 1.807) is 19.1 Å². The summed E-state index contributed by atoms with van der Waals surface area (Å²) >= 11 is 3.27. The van der Waals surface area contributed by atoms with Gasteiger partial charge in [-0.25, -0.2) is 4.79 Å². The summed E-state index contributed by atoms with van der Waals surface area (Å²) in [4.78, 5) is 23.4. The highest BCUT2D eigenvalue weighted by Gasteiger charge is 2.15. The molecule has 0 unspecified atom stereocenters. The number of rotatable bonds is 5. The fourth-order valence-corrected chi connectivity index (χ4v) is 1.97. The maximum atomic E-state index is 11.9. The van der Waals surface area contributed by atoms with Crippen molar-refractivity contribution < 1.29 is 14.3 Å². The Kier molecular flexibility index (Phi) is 6.01. The Hall–Kier alpha value is -1.56. The molecule has 0 saturated heterocycles. The van der Waals surface area contributed by atoms with Crippen LogP contribution in [0.5, 0.6) is 0 Å². The number of carbonyl (C=O) groups excluding carboxylic acids is 2. The zero-order valence-electron chi connectivity index (χ0n) is 11.8. The van der Waals surface area contributed by atoms with Crippen LogP contribution in [0.4, 0.5) is 5.69 Å². The Morgan fingerprint density at radius 1 is 1.40 bits per heavy atom. The molecule has 1 amide bonds. The number of benzene rings is 1. The number of nitrogens with one attached hydrogen (secondary N) is 1. The summed E-state index contributed by atoms with van der Waals surface area (Å²) in [5.41, 5.74) is 7.27. The Bertz CT molecular complexity index is 515. The molecule has 0 aliphatic heterocycles. The minimum absolute atomic E-state index is 0.294. The van der Waals surface area contributed by atoms with Crippen LogP contribution < -0.4 is 11.1 Å². The molecule has 0 aliphatic rings. The number of ether oxygens (including phenoxy) is 1. The number of amides is 1. The van der Waals surface area contributed by atoms with Crippen LogP contribution in [-0.4, -0.2) is 25.0 Å². The standard InChI is InChI=1S/C14H19BrN2O3/c1-8(2)6-17-13(18)7-20-14(19)11-4-10(15)5-12(16)9(11)3/h4-5,8H,6-7,16H2,1-3H3,(H,17,18). The van der Waals surface area contributed by atoms with E-state index in [1.165, 1.54) is 0 Å². The number of anilines is 1. The second kappa shape index (κ2) is 7.28. The van der Waals surface area contributed by atoms with Crippen molar-refractivity contribution in [3.05, 3.63) is 27.7 Å². The highest BCUT2D eigenvalue weighted by molar-refractivity contribution is 9.10. The molecule has 0 radical (unpaired) electrons. The fraction of sp³-hybridized carbons (Fsp3) is 0.429. The van der Waals surface area contributed by atoms with Crippen LogP contribution in [0.15, 0.2) is 16.6 Å². The molecule has 6 heteroatoms. The fourth-order valence-electron chi connectivity index (χ4n) is 1.49. The van der Waals surface area contributed by atoms with Crippen LogP contribution in [-0.2, 0) is 9.53 Å². The molecule has 0 atom stereocenters. The third-order valence-electron chi connectivity index (χ3n) is 2.67. The summed E-state index contributed by atoms with van der Waals surface area (Å²) in [7, 11) is 0. The van der Waals surface area contributed by atoms with E-state index in [0.717, 1.165) is 0 Å². The Labute approximate surface area is 127 Å². The van der Waals surface area contributed by atoms with Crippen LogP contribution in [0.25, 0.3) is 0 Å². The lowest BCUT2D eigenvalue weighted by Crippen LogP contribution is -2.31. The van der Waals surface area contributed by atoms with Gasteiger partial charge in [0.2, 0.25) is 0 Å². The summed E-state index contributed by atoms with van der Waals surface area (Å²) in [6.45, 7) is 5.97. The first kappa shape index (κ1) is 16.5. The van der Waals surface area contributed by atoms with Crippen molar-refractivity contribution in [2.45, 2.75) is 20.8 Å². The molecule has 1 rings (SSSR count). The van der Waals surface area contributed by atoms with E-state index in [1.807, 2.05) is 13.8 Å². The lowest BCUT2D eigenvalue weighted by Gasteiger charge is -2.11. The molecule has 0 saturated carbocycles. The molecule has 0 spiro atoms. The van der Waals surface area contributed by atoms with Crippen molar-refractivity contribution in [2.24, 2.45) is 5.92 Å². The predicted octanol–water partition coefficient (Wildman–Crippen LogP) is 2.27. The molecule has 110 valence electrons. The molecule has 0 heterocycles. The van der Waals surface area contributed by atoms with Crippen molar-refractivity contribution in [3.63, 3.8) is 0 Å². The van der Waals surface area contributed by atoms with E-state index in [0.29, 0.717) is 33.7 Å². The first-order valence-corrected chi connectivity index (χ1v) is 7.10. The molecule has 1 aromatic carbocycles. The highest BCUT2D eigenvalue weighted by atomic mass is 79.9.